The fraction of sp³-hybridized carbons (Fsp3) is 0.312. The number of aromatic amines is 1. The van der Waals surface area contributed by atoms with Gasteiger partial charge in [0.1, 0.15) is 11.9 Å². The van der Waals surface area contributed by atoms with Crippen LogP contribution in [-0.2, 0) is 6.54 Å². The summed E-state index contributed by atoms with van der Waals surface area (Å²) in [4.78, 5) is 6.96. The molecule has 0 radical (unpaired) electrons. The van der Waals surface area contributed by atoms with Crippen molar-refractivity contribution >= 4 is 10.9 Å². The summed E-state index contributed by atoms with van der Waals surface area (Å²) in [6.07, 6.45) is 0.453. The molecular formula is C16H17F3N4. The maximum Gasteiger partial charge on any atom is 0.407 e. The minimum atomic E-state index is -4.37. The monoisotopic (exact) mass is 322 g/mol. The van der Waals surface area contributed by atoms with Gasteiger partial charge in [0.25, 0.3) is 0 Å². The number of aromatic nitrogens is 3. The molecule has 7 heteroatoms. The Bertz CT molecular complexity index is 788. The minimum absolute atomic E-state index is 0.195. The van der Waals surface area contributed by atoms with E-state index in [1.54, 1.807) is 36.7 Å². The summed E-state index contributed by atoms with van der Waals surface area (Å²) in [7, 11) is 0. The van der Waals surface area contributed by atoms with Gasteiger partial charge in [0.2, 0.25) is 0 Å². The average Bonchev–Trinajstić information content (AvgIpc) is 3.09. The van der Waals surface area contributed by atoms with E-state index in [1.165, 1.54) is 6.20 Å². The molecule has 3 rings (SSSR count). The van der Waals surface area contributed by atoms with Crippen LogP contribution in [-0.4, -0.2) is 27.3 Å². The Morgan fingerprint density at radius 2 is 2.09 bits per heavy atom. The molecule has 0 fully saturated rings. The third kappa shape index (κ3) is 3.24. The van der Waals surface area contributed by atoms with Crippen molar-refractivity contribution in [1.82, 2.24) is 19.9 Å². The Labute approximate surface area is 131 Å². The van der Waals surface area contributed by atoms with Gasteiger partial charge in [-0.15, -0.1) is 0 Å². The minimum Gasteiger partial charge on any atom is -0.361 e. The predicted molar refractivity (Wildman–Crippen MR) is 82.1 cm³/mol. The van der Waals surface area contributed by atoms with Gasteiger partial charge in [-0.3, -0.25) is 0 Å². The summed E-state index contributed by atoms with van der Waals surface area (Å²) in [5, 5.41) is 3.21. The first kappa shape index (κ1) is 15.6. The number of imidazole rings is 1. The number of nitrogens with zero attached hydrogens (tertiary/aromatic N) is 2. The van der Waals surface area contributed by atoms with Crippen molar-refractivity contribution in [2.45, 2.75) is 25.7 Å². The number of hydrogen-bond acceptors (Lipinski definition) is 2. The maximum absolute atomic E-state index is 13.5. The summed E-state index contributed by atoms with van der Waals surface area (Å²) in [6, 6.07) is 5.29. The van der Waals surface area contributed by atoms with Gasteiger partial charge >= 0.3 is 6.18 Å². The smallest absolute Gasteiger partial charge is 0.361 e. The van der Waals surface area contributed by atoms with Crippen LogP contribution in [0.4, 0.5) is 13.2 Å². The van der Waals surface area contributed by atoms with E-state index in [2.05, 4.69) is 15.3 Å². The number of fused-ring (bicyclic) bond motifs is 1. The summed E-state index contributed by atoms with van der Waals surface area (Å²) >= 11 is 0. The van der Waals surface area contributed by atoms with Crippen molar-refractivity contribution in [2.75, 3.05) is 6.54 Å². The standard InChI is InChI=1S/C16H17F3N4/c1-11-20-6-8-23(11)9-7-21-15(16(17,18)19)13-10-22-14-5-3-2-4-12(13)14/h2-6,8,10,15,21-22H,7,9H2,1H3. The van der Waals surface area contributed by atoms with E-state index in [1.807, 2.05) is 11.5 Å². The second-order valence-electron chi connectivity index (χ2n) is 5.39. The lowest BCUT2D eigenvalue weighted by Crippen LogP contribution is -2.35. The molecule has 3 aromatic rings. The Balaban J connectivity index is 1.80. The molecule has 0 aliphatic rings. The lowest BCUT2D eigenvalue weighted by Gasteiger charge is -2.22. The third-order valence-corrected chi connectivity index (χ3v) is 3.88. The quantitative estimate of drug-likeness (QED) is 0.754. The van der Waals surface area contributed by atoms with Crippen LogP contribution in [0.3, 0.4) is 0 Å². The molecule has 4 nitrogen and oxygen atoms in total. The maximum atomic E-state index is 13.5. The number of rotatable bonds is 5. The van der Waals surface area contributed by atoms with Crippen molar-refractivity contribution in [3.05, 3.63) is 54.2 Å². The summed E-state index contributed by atoms with van der Waals surface area (Å²) in [5.41, 5.74) is 0.916. The molecule has 2 aromatic heterocycles. The Morgan fingerprint density at radius 3 is 2.78 bits per heavy atom. The van der Waals surface area contributed by atoms with Crippen molar-refractivity contribution in [2.24, 2.45) is 0 Å². The van der Waals surface area contributed by atoms with E-state index >= 15 is 0 Å². The van der Waals surface area contributed by atoms with Gasteiger partial charge in [0.15, 0.2) is 0 Å². The van der Waals surface area contributed by atoms with Gasteiger partial charge in [-0.25, -0.2) is 4.98 Å². The Kier molecular flexibility index (Phi) is 4.12. The molecule has 1 unspecified atom stereocenters. The molecule has 0 aliphatic heterocycles. The van der Waals surface area contributed by atoms with Gasteiger partial charge in [-0.1, -0.05) is 18.2 Å². The van der Waals surface area contributed by atoms with E-state index in [0.717, 1.165) is 5.82 Å². The first-order valence-corrected chi connectivity index (χ1v) is 7.30. The summed E-state index contributed by atoms with van der Waals surface area (Å²) < 4.78 is 42.2. The highest BCUT2D eigenvalue weighted by molar-refractivity contribution is 5.83. The number of hydrogen-bond donors (Lipinski definition) is 2. The molecule has 0 amide bonds. The highest BCUT2D eigenvalue weighted by Crippen LogP contribution is 2.36. The van der Waals surface area contributed by atoms with Crippen LogP contribution in [0.5, 0.6) is 0 Å². The zero-order valence-corrected chi connectivity index (χ0v) is 12.6. The van der Waals surface area contributed by atoms with E-state index in [9.17, 15) is 13.2 Å². The number of alkyl halides is 3. The number of benzene rings is 1. The first-order chi connectivity index (χ1) is 11.0. The lowest BCUT2D eigenvalue weighted by molar-refractivity contribution is -0.157. The largest absolute Gasteiger partial charge is 0.407 e. The van der Waals surface area contributed by atoms with Crippen LogP contribution < -0.4 is 5.32 Å². The van der Waals surface area contributed by atoms with Crippen molar-refractivity contribution in [3.8, 4) is 0 Å². The highest BCUT2D eigenvalue weighted by Gasteiger charge is 2.41. The van der Waals surface area contributed by atoms with Gasteiger partial charge in [0.05, 0.1) is 0 Å². The molecule has 0 spiro atoms. The normalized spacial score (nSPS) is 13.6. The topological polar surface area (TPSA) is 45.6 Å². The van der Waals surface area contributed by atoms with Crippen molar-refractivity contribution in [3.63, 3.8) is 0 Å². The van der Waals surface area contributed by atoms with Crippen LogP contribution in [0.1, 0.15) is 17.4 Å². The predicted octanol–water partition coefficient (Wildman–Crippen LogP) is 3.57. The highest BCUT2D eigenvalue weighted by atomic mass is 19.4. The molecule has 23 heavy (non-hydrogen) atoms. The zero-order valence-electron chi connectivity index (χ0n) is 12.6. The van der Waals surface area contributed by atoms with Crippen LogP contribution in [0, 0.1) is 6.92 Å². The van der Waals surface area contributed by atoms with Crippen LogP contribution in [0.25, 0.3) is 10.9 Å². The lowest BCUT2D eigenvalue weighted by atomic mass is 10.1. The second kappa shape index (κ2) is 6.08. The SMILES string of the molecule is Cc1nccn1CCNC(c1c[nH]c2ccccc12)C(F)(F)F. The van der Waals surface area contributed by atoms with Gasteiger partial charge in [-0.05, 0) is 13.0 Å². The van der Waals surface area contributed by atoms with Crippen LogP contribution >= 0.6 is 0 Å². The molecular weight excluding hydrogens is 305 g/mol. The number of aryl methyl sites for hydroxylation is 1. The van der Waals surface area contributed by atoms with E-state index in [4.69, 9.17) is 0 Å². The van der Waals surface area contributed by atoms with Gasteiger partial charge in [0, 0.05) is 48.1 Å². The molecule has 0 saturated carbocycles. The summed E-state index contributed by atoms with van der Waals surface area (Å²) in [6.45, 7) is 2.45. The fourth-order valence-electron chi connectivity index (χ4n) is 2.70. The van der Waals surface area contributed by atoms with E-state index < -0.39 is 12.2 Å². The van der Waals surface area contributed by atoms with Gasteiger partial charge in [-0.2, -0.15) is 13.2 Å². The number of halogens is 3. The van der Waals surface area contributed by atoms with E-state index in [-0.39, 0.29) is 12.1 Å². The second-order valence-corrected chi connectivity index (χ2v) is 5.39. The van der Waals surface area contributed by atoms with Crippen LogP contribution in [0.2, 0.25) is 0 Å². The molecule has 122 valence electrons. The van der Waals surface area contributed by atoms with Crippen LogP contribution in [0.15, 0.2) is 42.9 Å². The molecule has 2 heterocycles. The molecule has 0 bridgehead atoms. The number of H-pyrrole nitrogens is 1. The van der Waals surface area contributed by atoms with Gasteiger partial charge < -0.3 is 14.9 Å². The fourth-order valence-corrected chi connectivity index (χ4v) is 2.70. The molecule has 0 saturated heterocycles. The summed E-state index contributed by atoms with van der Waals surface area (Å²) in [5.74, 6) is 0.780. The van der Waals surface area contributed by atoms with Crippen molar-refractivity contribution in [1.29, 1.82) is 0 Å². The molecule has 1 aromatic carbocycles. The Hall–Kier alpha value is -2.28. The number of para-hydroxylation sites is 1. The van der Waals surface area contributed by atoms with E-state index in [0.29, 0.717) is 17.4 Å². The third-order valence-electron chi connectivity index (χ3n) is 3.88. The first-order valence-electron chi connectivity index (χ1n) is 7.30. The Morgan fingerprint density at radius 1 is 1.30 bits per heavy atom. The molecule has 2 N–H and O–H groups in total. The number of nitrogens with one attached hydrogen (secondary N) is 2. The zero-order chi connectivity index (χ0) is 16.4. The average molecular weight is 322 g/mol. The molecule has 0 aliphatic carbocycles. The molecule has 1 atom stereocenters. The van der Waals surface area contributed by atoms with Crippen molar-refractivity contribution < 1.29 is 13.2 Å².